The number of hydrogen-bond acceptors (Lipinski definition) is 3. The molecule has 1 aromatic carbocycles. The summed E-state index contributed by atoms with van der Waals surface area (Å²) < 4.78 is 5.68. The topological polar surface area (TPSA) is 21.3 Å². The number of likely N-dealkylation sites (N-methyl/N-ethyl adjacent to an activating group) is 1. The van der Waals surface area contributed by atoms with E-state index in [1.54, 1.807) is 7.11 Å². The summed E-state index contributed by atoms with van der Waals surface area (Å²) in [5.74, 6) is 1.97. The molecule has 0 aliphatic heterocycles. The van der Waals surface area contributed by atoms with Crippen LogP contribution in [0, 0.1) is 0 Å². The second-order valence-electron chi connectivity index (χ2n) is 5.57. The summed E-state index contributed by atoms with van der Waals surface area (Å²) in [4.78, 5) is 0. The van der Waals surface area contributed by atoms with Gasteiger partial charge in [0.2, 0.25) is 0 Å². The van der Waals surface area contributed by atoms with Crippen molar-refractivity contribution in [3.05, 3.63) is 28.8 Å². The van der Waals surface area contributed by atoms with Crippen molar-refractivity contribution in [2.75, 3.05) is 19.9 Å². The maximum absolute atomic E-state index is 6.07. The molecule has 0 bridgehead atoms. The van der Waals surface area contributed by atoms with Crippen LogP contribution in [0.3, 0.4) is 0 Å². The zero-order valence-electron chi connectivity index (χ0n) is 12.4. The van der Waals surface area contributed by atoms with Crippen LogP contribution in [0.2, 0.25) is 5.02 Å². The van der Waals surface area contributed by atoms with E-state index in [4.69, 9.17) is 16.3 Å². The number of rotatable bonds is 6. The zero-order valence-corrected chi connectivity index (χ0v) is 14.0. The van der Waals surface area contributed by atoms with Gasteiger partial charge >= 0.3 is 0 Å². The lowest BCUT2D eigenvalue weighted by molar-refractivity contribution is 0.407. The Kier molecular flexibility index (Phi) is 6.51. The van der Waals surface area contributed by atoms with Crippen molar-refractivity contribution < 1.29 is 4.74 Å². The van der Waals surface area contributed by atoms with Crippen molar-refractivity contribution in [1.82, 2.24) is 5.32 Å². The molecule has 0 spiro atoms. The van der Waals surface area contributed by atoms with Crippen LogP contribution in [0.4, 0.5) is 0 Å². The quantitative estimate of drug-likeness (QED) is 0.858. The molecule has 0 amide bonds. The number of thioether (sulfide) groups is 1. The highest BCUT2D eigenvalue weighted by Gasteiger charge is 2.16. The fraction of sp³-hybridized carbons (Fsp3) is 0.600. The number of ether oxygens (including phenoxy) is 1. The monoisotopic (exact) mass is 301 g/mol. The molecule has 108 valence electrons. The minimum Gasteiger partial charge on any atom is -0.496 e. The minimum absolute atomic E-state index is 0.285. The van der Waals surface area contributed by atoms with Crippen molar-refractivity contribution in [1.29, 1.82) is 0 Å². The molecule has 1 aromatic rings. The molecule has 2 nitrogen and oxygen atoms in total. The van der Waals surface area contributed by atoms with Gasteiger partial charge in [-0.25, -0.2) is 0 Å². The van der Waals surface area contributed by atoms with Crippen LogP contribution in [0.15, 0.2) is 18.2 Å². The average molecular weight is 302 g/mol. The second-order valence-corrected chi connectivity index (χ2v) is 7.85. The number of hydrogen-bond donors (Lipinski definition) is 1. The van der Waals surface area contributed by atoms with Gasteiger partial charge in [0.15, 0.2) is 0 Å². The molecule has 1 rings (SSSR count). The predicted octanol–water partition coefficient (Wildman–Crippen LogP) is 4.01. The van der Waals surface area contributed by atoms with E-state index in [1.165, 1.54) is 0 Å². The van der Waals surface area contributed by atoms with E-state index in [9.17, 15) is 0 Å². The lowest BCUT2D eigenvalue weighted by atomic mass is 10.1. The van der Waals surface area contributed by atoms with Gasteiger partial charge in [-0.1, -0.05) is 32.4 Å². The Balaban J connectivity index is 2.72. The maximum Gasteiger partial charge on any atom is 0.122 e. The molecule has 0 saturated carbocycles. The van der Waals surface area contributed by atoms with Crippen LogP contribution in [0.5, 0.6) is 5.75 Å². The molecular weight excluding hydrogens is 278 g/mol. The first-order valence-corrected chi connectivity index (χ1v) is 7.85. The standard InChI is InChI=1S/C15H24ClNOS/c1-15(2,3)19-10-13(17-4)9-11-8-12(16)6-7-14(11)18-5/h6-8,13,17H,9-10H2,1-5H3. The Morgan fingerprint density at radius 3 is 2.58 bits per heavy atom. The van der Waals surface area contributed by atoms with Gasteiger partial charge in [-0.2, -0.15) is 11.8 Å². The fourth-order valence-corrected chi connectivity index (χ4v) is 2.95. The molecule has 4 heteroatoms. The van der Waals surface area contributed by atoms with Gasteiger partial charge in [0.1, 0.15) is 5.75 Å². The van der Waals surface area contributed by atoms with Gasteiger partial charge in [-0.15, -0.1) is 0 Å². The highest BCUT2D eigenvalue weighted by molar-refractivity contribution is 8.00. The van der Waals surface area contributed by atoms with Crippen LogP contribution in [-0.2, 0) is 6.42 Å². The Bertz CT molecular complexity index is 404. The van der Waals surface area contributed by atoms with E-state index in [-0.39, 0.29) is 4.75 Å². The van der Waals surface area contributed by atoms with Gasteiger partial charge in [-0.05, 0) is 37.2 Å². The van der Waals surface area contributed by atoms with E-state index >= 15 is 0 Å². The molecule has 0 radical (unpaired) electrons. The summed E-state index contributed by atoms with van der Waals surface area (Å²) >= 11 is 8.04. The normalized spacial score (nSPS) is 13.4. The number of nitrogens with one attached hydrogen (secondary N) is 1. The summed E-state index contributed by atoms with van der Waals surface area (Å²) in [6, 6.07) is 6.20. The minimum atomic E-state index is 0.285. The summed E-state index contributed by atoms with van der Waals surface area (Å²) in [6.07, 6.45) is 0.920. The molecule has 1 atom stereocenters. The third kappa shape index (κ3) is 6.07. The summed E-state index contributed by atoms with van der Waals surface area (Å²) in [5.41, 5.74) is 1.16. The third-order valence-corrected chi connectivity index (χ3v) is 4.50. The molecule has 0 aliphatic carbocycles. The lowest BCUT2D eigenvalue weighted by Gasteiger charge is -2.23. The van der Waals surface area contributed by atoms with E-state index < -0.39 is 0 Å². The average Bonchev–Trinajstić information content (AvgIpc) is 2.33. The summed E-state index contributed by atoms with van der Waals surface area (Å²) in [5, 5.41) is 4.13. The first-order valence-electron chi connectivity index (χ1n) is 6.49. The van der Waals surface area contributed by atoms with Crippen LogP contribution in [0.25, 0.3) is 0 Å². The van der Waals surface area contributed by atoms with Crippen molar-refractivity contribution in [3.63, 3.8) is 0 Å². The van der Waals surface area contributed by atoms with Crippen molar-refractivity contribution in [3.8, 4) is 5.75 Å². The highest BCUT2D eigenvalue weighted by atomic mass is 35.5. The Labute approximate surface area is 126 Å². The largest absolute Gasteiger partial charge is 0.496 e. The highest BCUT2D eigenvalue weighted by Crippen LogP contribution is 2.27. The maximum atomic E-state index is 6.07. The van der Waals surface area contributed by atoms with Gasteiger partial charge < -0.3 is 10.1 Å². The fourth-order valence-electron chi connectivity index (χ4n) is 1.77. The first-order chi connectivity index (χ1) is 8.85. The van der Waals surface area contributed by atoms with Crippen LogP contribution >= 0.6 is 23.4 Å². The molecule has 0 saturated heterocycles. The zero-order chi connectivity index (χ0) is 14.5. The van der Waals surface area contributed by atoms with E-state index in [0.29, 0.717) is 6.04 Å². The molecule has 19 heavy (non-hydrogen) atoms. The number of methoxy groups -OCH3 is 1. The summed E-state index contributed by atoms with van der Waals surface area (Å²) in [7, 11) is 3.70. The van der Waals surface area contributed by atoms with Gasteiger partial charge in [0, 0.05) is 21.6 Å². The molecule has 0 heterocycles. The Morgan fingerprint density at radius 2 is 2.05 bits per heavy atom. The number of halogens is 1. The molecule has 1 unspecified atom stereocenters. The Morgan fingerprint density at radius 1 is 1.37 bits per heavy atom. The van der Waals surface area contributed by atoms with Crippen LogP contribution in [-0.4, -0.2) is 30.7 Å². The molecule has 0 aromatic heterocycles. The SMILES string of the molecule is CNC(CSC(C)(C)C)Cc1cc(Cl)ccc1OC. The van der Waals surface area contributed by atoms with Gasteiger partial charge in [0.05, 0.1) is 7.11 Å². The molecule has 0 fully saturated rings. The van der Waals surface area contributed by atoms with Crippen molar-refractivity contribution in [2.45, 2.75) is 38.0 Å². The van der Waals surface area contributed by atoms with E-state index in [0.717, 1.165) is 28.5 Å². The first kappa shape index (κ1) is 16.7. The molecular formula is C15H24ClNOS. The van der Waals surface area contributed by atoms with Gasteiger partial charge in [-0.3, -0.25) is 0 Å². The van der Waals surface area contributed by atoms with Crippen LogP contribution < -0.4 is 10.1 Å². The smallest absolute Gasteiger partial charge is 0.122 e. The van der Waals surface area contributed by atoms with Crippen molar-refractivity contribution >= 4 is 23.4 Å². The second kappa shape index (κ2) is 7.41. The Hall–Kier alpha value is -0.380. The summed E-state index contributed by atoms with van der Waals surface area (Å²) in [6.45, 7) is 6.72. The van der Waals surface area contributed by atoms with E-state index in [1.807, 2.05) is 37.0 Å². The van der Waals surface area contributed by atoms with Crippen molar-refractivity contribution in [2.24, 2.45) is 0 Å². The molecule has 0 aliphatic rings. The third-order valence-electron chi connectivity index (χ3n) is 2.83. The lowest BCUT2D eigenvalue weighted by Crippen LogP contribution is -2.31. The predicted molar refractivity (Wildman–Crippen MR) is 86.8 cm³/mol. The van der Waals surface area contributed by atoms with E-state index in [2.05, 4.69) is 26.1 Å². The van der Waals surface area contributed by atoms with Gasteiger partial charge in [0.25, 0.3) is 0 Å². The van der Waals surface area contributed by atoms with Crippen LogP contribution in [0.1, 0.15) is 26.3 Å². The number of benzene rings is 1. The molecule has 1 N–H and O–H groups in total.